The third-order valence-electron chi connectivity index (χ3n) is 2.70. The van der Waals surface area contributed by atoms with Crippen LogP contribution in [0.15, 0.2) is 24.3 Å². The fourth-order valence-corrected chi connectivity index (χ4v) is 1.68. The molecule has 0 saturated heterocycles. The number of hydrogen-bond donors (Lipinski definition) is 2. The van der Waals surface area contributed by atoms with Gasteiger partial charge in [-0.05, 0) is 26.2 Å². The predicted molar refractivity (Wildman–Crippen MR) is 74.4 cm³/mol. The lowest BCUT2D eigenvalue weighted by atomic mass is 10.1. The molecule has 0 fully saturated rings. The van der Waals surface area contributed by atoms with Gasteiger partial charge in [0, 0.05) is 12.1 Å². The quantitative estimate of drug-likeness (QED) is 0.800. The Morgan fingerprint density at radius 3 is 2.90 bits per heavy atom. The average Bonchev–Trinajstić information content (AvgIpc) is 2.88. The predicted octanol–water partition coefficient (Wildman–Crippen LogP) is 0.511. The number of aromatic nitrogens is 3. The summed E-state index contributed by atoms with van der Waals surface area (Å²) in [4.78, 5) is 13.3. The number of benzene rings is 1. The number of carbonyl (C=O) groups is 1. The summed E-state index contributed by atoms with van der Waals surface area (Å²) < 4.78 is 5.64. The number of carbonyl (C=O) groups excluding carboxylic acids is 1. The number of likely N-dealkylation sites (N-methyl/N-ethyl adjacent to an activating group) is 1. The third kappa shape index (κ3) is 3.33. The number of nitrogens with one attached hydrogen (secondary N) is 1. The molecule has 1 aromatic carbocycles. The molecule has 1 aromatic heterocycles. The number of rotatable bonds is 6. The fraction of sp³-hybridized carbons (Fsp3) is 0.308. The van der Waals surface area contributed by atoms with Crippen molar-refractivity contribution in [3.05, 3.63) is 30.0 Å². The topological polar surface area (TPSA) is 97.1 Å². The van der Waals surface area contributed by atoms with Gasteiger partial charge < -0.3 is 15.4 Å². The molecule has 3 N–H and O–H groups in total. The molecule has 0 spiro atoms. The molecule has 1 heterocycles. The maximum Gasteiger partial charge on any atom is 0.271 e. The lowest BCUT2D eigenvalue weighted by molar-refractivity contribution is 0.0996. The largest absolute Gasteiger partial charge is 0.492 e. The monoisotopic (exact) mass is 275 g/mol. The van der Waals surface area contributed by atoms with E-state index in [0.717, 1.165) is 12.1 Å². The van der Waals surface area contributed by atoms with Gasteiger partial charge in [-0.2, -0.15) is 15.4 Å². The van der Waals surface area contributed by atoms with Crippen molar-refractivity contribution in [3.63, 3.8) is 0 Å². The first kappa shape index (κ1) is 14.0. The summed E-state index contributed by atoms with van der Waals surface area (Å²) in [5.74, 6) is 0.0930. The SMILES string of the molecule is CN(C)CCOc1cccc(-c2n[nH]nc2C(N)=O)c1. The molecule has 7 nitrogen and oxygen atoms in total. The van der Waals surface area contributed by atoms with Crippen LogP contribution < -0.4 is 10.5 Å². The van der Waals surface area contributed by atoms with Gasteiger partial charge in [0.05, 0.1) is 0 Å². The normalized spacial score (nSPS) is 10.8. The molecule has 0 bridgehead atoms. The van der Waals surface area contributed by atoms with Crippen LogP contribution in [0.5, 0.6) is 5.75 Å². The van der Waals surface area contributed by atoms with Crippen LogP contribution in [-0.2, 0) is 0 Å². The fourth-order valence-electron chi connectivity index (χ4n) is 1.68. The Kier molecular flexibility index (Phi) is 4.31. The average molecular weight is 275 g/mol. The molecular formula is C13H17N5O2. The second-order valence-corrected chi connectivity index (χ2v) is 4.56. The van der Waals surface area contributed by atoms with E-state index in [2.05, 4.69) is 15.4 Å². The Balaban J connectivity index is 2.17. The molecule has 106 valence electrons. The molecule has 0 saturated carbocycles. The molecule has 0 aliphatic heterocycles. The van der Waals surface area contributed by atoms with E-state index in [4.69, 9.17) is 10.5 Å². The van der Waals surface area contributed by atoms with Gasteiger partial charge in [0.1, 0.15) is 18.1 Å². The van der Waals surface area contributed by atoms with Crippen molar-refractivity contribution in [1.82, 2.24) is 20.3 Å². The maximum absolute atomic E-state index is 11.3. The highest BCUT2D eigenvalue weighted by Gasteiger charge is 2.15. The summed E-state index contributed by atoms with van der Waals surface area (Å²) in [5.41, 5.74) is 6.53. The van der Waals surface area contributed by atoms with Crippen LogP contribution >= 0.6 is 0 Å². The molecular weight excluding hydrogens is 258 g/mol. The molecule has 0 atom stereocenters. The van der Waals surface area contributed by atoms with Crippen LogP contribution in [0.4, 0.5) is 0 Å². The number of hydrogen-bond acceptors (Lipinski definition) is 5. The van der Waals surface area contributed by atoms with Gasteiger partial charge >= 0.3 is 0 Å². The van der Waals surface area contributed by atoms with Crippen LogP contribution in [0.1, 0.15) is 10.5 Å². The standard InChI is InChI=1S/C13H17N5O2/c1-18(2)6-7-20-10-5-3-4-9(8-10)11-12(13(14)19)16-17-15-11/h3-5,8H,6-7H2,1-2H3,(H2,14,19)(H,15,16,17). The van der Waals surface area contributed by atoms with Crippen molar-refractivity contribution in [2.45, 2.75) is 0 Å². The lowest BCUT2D eigenvalue weighted by Crippen LogP contribution is -2.19. The minimum absolute atomic E-state index is 0.121. The van der Waals surface area contributed by atoms with E-state index >= 15 is 0 Å². The first-order valence-corrected chi connectivity index (χ1v) is 6.16. The Bertz CT molecular complexity index is 594. The number of aromatic amines is 1. The minimum Gasteiger partial charge on any atom is -0.492 e. The molecule has 2 rings (SSSR count). The van der Waals surface area contributed by atoms with E-state index in [1.807, 2.05) is 37.2 Å². The van der Waals surface area contributed by atoms with Gasteiger partial charge in [-0.1, -0.05) is 12.1 Å². The van der Waals surface area contributed by atoms with Crippen molar-refractivity contribution >= 4 is 5.91 Å². The summed E-state index contributed by atoms with van der Waals surface area (Å²) >= 11 is 0. The summed E-state index contributed by atoms with van der Waals surface area (Å²) in [6.45, 7) is 1.40. The second kappa shape index (κ2) is 6.16. The first-order chi connectivity index (χ1) is 9.58. The molecule has 20 heavy (non-hydrogen) atoms. The van der Waals surface area contributed by atoms with Crippen LogP contribution in [0.3, 0.4) is 0 Å². The number of primary amides is 1. The van der Waals surface area contributed by atoms with Crippen LogP contribution in [0.2, 0.25) is 0 Å². The van der Waals surface area contributed by atoms with Crippen LogP contribution in [0, 0.1) is 0 Å². The Hall–Kier alpha value is -2.41. The zero-order valence-corrected chi connectivity index (χ0v) is 11.5. The van der Waals surface area contributed by atoms with Gasteiger partial charge in [0.2, 0.25) is 0 Å². The second-order valence-electron chi connectivity index (χ2n) is 4.56. The number of nitrogens with zero attached hydrogens (tertiary/aromatic N) is 3. The first-order valence-electron chi connectivity index (χ1n) is 6.16. The maximum atomic E-state index is 11.3. The van der Waals surface area contributed by atoms with E-state index in [1.54, 1.807) is 6.07 Å². The van der Waals surface area contributed by atoms with Gasteiger partial charge in [-0.3, -0.25) is 4.79 Å². The van der Waals surface area contributed by atoms with Gasteiger partial charge in [0.25, 0.3) is 5.91 Å². The number of amides is 1. The number of ether oxygens (including phenoxy) is 1. The van der Waals surface area contributed by atoms with Crippen molar-refractivity contribution in [3.8, 4) is 17.0 Å². The van der Waals surface area contributed by atoms with E-state index in [0.29, 0.717) is 18.1 Å². The molecule has 0 aliphatic rings. The molecule has 0 aliphatic carbocycles. The summed E-state index contributed by atoms with van der Waals surface area (Å²) in [6.07, 6.45) is 0. The Morgan fingerprint density at radius 2 is 2.20 bits per heavy atom. The highest BCUT2D eigenvalue weighted by Crippen LogP contribution is 2.23. The summed E-state index contributed by atoms with van der Waals surface area (Å²) in [6, 6.07) is 7.31. The van der Waals surface area contributed by atoms with Crippen molar-refractivity contribution < 1.29 is 9.53 Å². The van der Waals surface area contributed by atoms with Gasteiger partial charge in [-0.25, -0.2) is 0 Å². The zero-order valence-electron chi connectivity index (χ0n) is 11.5. The van der Waals surface area contributed by atoms with Gasteiger partial charge in [-0.15, -0.1) is 0 Å². The van der Waals surface area contributed by atoms with E-state index in [-0.39, 0.29) is 5.69 Å². The minimum atomic E-state index is -0.618. The Morgan fingerprint density at radius 1 is 1.40 bits per heavy atom. The number of nitrogens with two attached hydrogens (primary N) is 1. The summed E-state index contributed by atoms with van der Waals surface area (Å²) in [7, 11) is 3.96. The Labute approximate surface area is 116 Å². The third-order valence-corrected chi connectivity index (χ3v) is 2.70. The van der Waals surface area contributed by atoms with E-state index in [1.165, 1.54) is 0 Å². The van der Waals surface area contributed by atoms with E-state index in [9.17, 15) is 4.79 Å². The number of H-pyrrole nitrogens is 1. The zero-order chi connectivity index (χ0) is 14.5. The smallest absolute Gasteiger partial charge is 0.271 e. The molecule has 2 aromatic rings. The molecule has 1 amide bonds. The van der Waals surface area contributed by atoms with Gasteiger partial charge in [0.15, 0.2) is 5.69 Å². The summed E-state index contributed by atoms with van der Waals surface area (Å²) in [5, 5.41) is 10.1. The molecule has 0 radical (unpaired) electrons. The van der Waals surface area contributed by atoms with Crippen molar-refractivity contribution in [2.75, 3.05) is 27.2 Å². The molecule has 7 heteroatoms. The van der Waals surface area contributed by atoms with Crippen LogP contribution in [0.25, 0.3) is 11.3 Å². The highest BCUT2D eigenvalue weighted by molar-refractivity contribution is 5.96. The van der Waals surface area contributed by atoms with Crippen molar-refractivity contribution in [2.24, 2.45) is 5.73 Å². The molecule has 0 unspecified atom stereocenters. The highest BCUT2D eigenvalue weighted by atomic mass is 16.5. The van der Waals surface area contributed by atoms with E-state index < -0.39 is 5.91 Å². The lowest BCUT2D eigenvalue weighted by Gasteiger charge is -2.11. The van der Waals surface area contributed by atoms with Crippen molar-refractivity contribution in [1.29, 1.82) is 0 Å². The van der Waals surface area contributed by atoms with Crippen LogP contribution in [-0.4, -0.2) is 53.5 Å².